The summed E-state index contributed by atoms with van der Waals surface area (Å²) >= 11 is 3.42. The normalized spacial score (nSPS) is 10.9. The Morgan fingerprint density at radius 1 is 1.56 bits per heavy atom. The van der Waals surface area contributed by atoms with Crippen LogP contribution in [0.25, 0.3) is 0 Å². The zero-order valence-corrected chi connectivity index (χ0v) is 11.9. The molecule has 16 heavy (non-hydrogen) atoms. The molecule has 0 radical (unpaired) electrons. The monoisotopic (exact) mass is 286 g/mol. The van der Waals surface area contributed by atoms with Crippen molar-refractivity contribution < 1.29 is 4.79 Å². The second-order valence-electron chi connectivity index (χ2n) is 4.25. The maximum absolute atomic E-state index is 12.2. The fourth-order valence-corrected chi connectivity index (χ4v) is 1.96. The molecule has 0 N–H and O–H groups in total. The zero-order valence-electron chi connectivity index (χ0n) is 10.3. The van der Waals surface area contributed by atoms with E-state index in [4.69, 9.17) is 0 Å². The third-order valence-corrected chi connectivity index (χ3v) is 3.08. The number of aryl methyl sites for hydroxylation is 1. The van der Waals surface area contributed by atoms with E-state index in [0.29, 0.717) is 0 Å². The lowest BCUT2D eigenvalue weighted by molar-refractivity contribution is 0.0744. The number of carbonyl (C=O) groups is 1. The maximum atomic E-state index is 12.2. The molecule has 0 bridgehead atoms. The van der Waals surface area contributed by atoms with Gasteiger partial charge in [-0.2, -0.15) is 0 Å². The Morgan fingerprint density at radius 2 is 2.19 bits per heavy atom. The van der Waals surface area contributed by atoms with Gasteiger partial charge in [0.25, 0.3) is 5.91 Å². The van der Waals surface area contributed by atoms with Crippen LogP contribution in [0.4, 0.5) is 0 Å². The van der Waals surface area contributed by atoms with Crippen LogP contribution in [0.3, 0.4) is 0 Å². The summed E-state index contributed by atoms with van der Waals surface area (Å²) in [7, 11) is 1.84. The number of amides is 1. The molecule has 1 aromatic rings. The lowest BCUT2D eigenvalue weighted by atomic mass is 10.3. The molecule has 3 nitrogen and oxygen atoms in total. The van der Waals surface area contributed by atoms with E-state index in [1.807, 2.05) is 37.7 Å². The molecular weight excluding hydrogens is 268 g/mol. The number of halogens is 1. The molecular formula is C12H19BrN2O. The Morgan fingerprint density at radius 3 is 2.69 bits per heavy atom. The summed E-state index contributed by atoms with van der Waals surface area (Å²) < 4.78 is 2.96. The standard InChI is InChI=1S/C12H19BrN2O/c1-5-6-15-8-10(13)7-11(15)12(16)14(4)9(2)3/h7-9H,5-6H2,1-4H3. The average molecular weight is 287 g/mol. The number of carbonyl (C=O) groups excluding carboxylic acids is 1. The summed E-state index contributed by atoms with van der Waals surface area (Å²) in [5.41, 5.74) is 0.755. The van der Waals surface area contributed by atoms with Gasteiger partial charge in [0.05, 0.1) is 0 Å². The van der Waals surface area contributed by atoms with Gasteiger partial charge in [-0.15, -0.1) is 0 Å². The molecule has 4 heteroatoms. The van der Waals surface area contributed by atoms with E-state index < -0.39 is 0 Å². The van der Waals surface area contributed by atoms with Crippen LogP contribution in [0.15, 0.2) is 16.7 Å². The van der Waals surface area contributed by atoms with Gasteiger partial charge < -0.3 is 9.47 Å². The van der Waals surface area contributed by atoms with Crippen molar-refractivity contribution >= 4 is 21.8 Å². The van der Waals surface area contributed by atoms with E-state index in [9.17, 15) is 4.79 Å². The van der Waals surface area contributed by atoms with E-state index in [-0.39, 0.29) is 11.9 Å². The Labute approximate surface area is 106 Å². The summed E-state index contributed by atoms with van der Waals surface area (Å²) in [4.78, 5) is 13.9. The van der Waals surface area contributed by atoms with E-state index >= 15 is 0 Å². The number of nitrogens with zero attached hydrogens (tertiary/aromatic N) is 2. The van der Waals surface area contributed by atoms with E-state index in [2.05, 4.69) is 22.9 Å². The molecule has 0 aromatic carbocycles. The lowest BCUT2D eigenvalue weighted by Gasteiger charge is -2.22. The molecule has 1 amide bonds. The first-order valence-corrected chi connectivity index (χ1v) is 6.39. The van der Waals surface area contributed by atoms with Crippen molar-refractivity contribution in [3.05, 3.63) is 22.4 Å². The van der Waals surface area contributed by atoms with E-state index in [1.165, 1.54) is 0 Å². The van der Waals surface area contributed by atoms with Crippen molar-refractivity contribution in [2.75, 3.05) is 7.05 Å². The summed E-state index contributed by atoms with van der Waals surface area (Å²) in [6.45, 7) is 7.01. The number of rotatable bonds is 4. The first-order chi connectivity index (χ1) is 7.47. The minimum absolute atomic E-state index is 0.0779. The molecule has 0 saturated heterocycles. The molecule has 0 fully saturated rings. The van der Waals surface area contributed by atoms with Crippen molar-refractivity contribution in [2.24, 2.45) is 0 Å². The second kappa shape index (κ2) is 5.53. The van der Waals surface area contributed by atoms with Gasteiger partial charge in [-0.25, -0.2) is 0 Å². The van der Waals surface area contributed by atoms with Crippen LogP contribution in [-0.4, -0.2) is 28.5 Å². The molecule has 1 aromatic heterocycles. The Hall–Kier alpha value is -0.770. The third-order valence-electron chi connectivity index (χ3n) is 2.64. The number of hydrogen-bond acceptors (Lipinski definition) is 1. The van der Waals surface area contributed by atoms with Crippen LogP contribution in [-0.2, 0) is 6.54 Å². The molecule has 0 aliphatic heterocycles. The zero-order chi connectivity index (χ0) is 12.3. The highest BCUT2D eigenvalue weighted by atomic mass is 79.9. The first kappa shape index (κ1) is 13.3. The Bertz CT molecular complexity index is 371. The quantitative estimate of drug-likeness (QED) is 0.835. The van der Waals surface area contributed by atoms with Crippen molar-refractivity contribution in [3.63, 3.8) is 0 Å². The Kier molecular flexibility index (Phi) is 4.59. The van der Waals surface area contributed by atoms with Crippen LogP contribution in [0.1, 0.15) is 37.7 Å². The van der Waals surface area contributed by atoms with Crippen molar-refractivity contribution in [1.82, 2.24) is 9.47 Å². The molecule has 0 spiro atoms. The highest BCUT2D eigenvalue weighted by molar-refractivity contribution is 9.10. The van der Waals surface area contributed by atoms with Gasteiger partial charge in [0, 0.05) is 30.3 Å². The first-order valence-electron chi connectivity index (χ1n) is 5.60. The number of hydrogen-bond donors (Lipinski definition) is 0. The fourth-order valence-electron chi connectivity index (χ4n) is 1.49. The van der Waals surface area contributed by atoms with Gasteiger partial charge in [-0.3, -0.25) is 4.79 Å². The van der Waals surface area contributed by atoms with E-state index in [1.54, 1.807) is 4.90 Å². The minimum atomic E-state index is 0.0779. The predicted octanol–water partition coefficient (Wildman–Crippen LogP) is 3.14. The van der Waals surface area contributed by atoms with Crippen LogP contribution in [0.2, 0.25) is 0 Å². The third kappa shape index (κ3) is 2.88. The highest BCUT2D eigenvalue weighted by Gasteiger charge is 2.18. The summed E-state index contributed by atoms with van der Waals surface area (Å²) in [5, 5.41) is 0. The lowest BCUT2D eigenvalue weighted by Crippen LogP contribution is -2.34. The minimum Gasteiger partial charge on any atom is -0.342 e. The van der Waals surface area contributed by atoms with Gasteiger partial charge in [-0.1, -0.05) is 6.92 Å². The average Bonchev–Trinajstić information content (AvgIpc) is 2.58. The van der Waals surface area contributed by atoms with Crippen LogP contribution < -0.4 is 0 Å². The summed E-state index contributed by atoms with van der Waals surface area (Å²) in [6.07, 6.45) is 2.98. The Balaban J connectivity index is 2.98. The maximum Gasteiger partial charge on any atom is 0.270 e. The summed E-state index contributed by atoms with van der Waals surface area (Å²) in [6, 6.07) is 2.10. The fraction of sp³-hybridized carbons (Fsp3) is 0.583. The largest absolute Gasteiger partial charge is 0.342 e. The molecule has 0 aliphatic carbocycles. The van der Waals surface area contributed by atoms with Crippen molar-refractivity contribution in [2.45, 2.75) is 39.8 Å². The smallest absolute Gasteiger partial charge is 0.270 e. The molecule has 0 atom stereocenters. The highest BCUT2D eigenvalue weighted by Crippen LogP contribution is 2.17. The predicted molar refractivity (Wildman–Crippen MR) is 69.7 cm³/mol. The number of aromatic nitrogens is 1. The van der Waals surface area contributed by atoms with Crippen molar-refractivity contribution in [3.8, 4) is 0 Å². The van der Waals surface area contributed by atoms with Crippen LogP contribution in [0, 0.1) is 0 Å². The molecule has 1 heterocycles. The molecule has 0 saturated carbocycles. The van der Waals surface area contributed by atoms with Gasteiger partial charge in [0.1, 0.15) is 5.69 Å². The van der Waals surface area contributed by atoms with Crippen molar-refractivity contribution in [1.29, 1.82) is 0 Å². The van der Waals surface area contributed by atoms with Crippen LogP contribution >= 0.6 is 15.9 Å². The molecule has 1 rings (SSSR count). The van der Waals surface area contributed by atoms with Gasteiger partial charge in [0.15, 0.2) is 0 Å². The van der Waals surface area contributed by atoms with Crippen LogP contribution in [0.5, 0.6) is 0 Å². The van der Waals surface area contributed by atoms with E-state index in [0.717, 1.165) is 23.1 Å². The molecule has 90 valence electrons. The van der Waals surface area contributed by atoms with Gasteiger partial charge in [0.2, 0.25) is 0 Å². The molecule has 0 aliphatic rings. The van der Waals surface area contributed by atoms with Gasteiger partial charge in [-0.05, 0) is 42.3 Å². The topological polar surface area (TPSA) is 25.2 Å². The SMILES string of the molecule is CCCn1cc(Br)cc1C(=O)N(C)C(C)C. The van der Waals surface area contributed by atoms with Gasteiger partial charge >= 0.3 is 0 Å². The molecule has 0 unspecified atom stereocenters. The second-order valence-corrected chi connectivity index (χ2v) is 5.16. The summed E-state index contributed by atoms with van der Waals surface area (Å²) in [5.74, 6) is 0.0779.